The standard InChI is InChI=1S/C27H47N3O4S/c1-2-3-4-5-6-7-8-9-10-11-12-13-14-15-23-35(32,33)29-28-27(30-19-21-34-22-20-30)25-17-16-18-26(31)24-25/h16-18,24,29,31H,2-15,19-23H2,1H3/b28-27-. The zero-order valence-electron chi connectivity index (χ0n) is 21.7. The molecule has 1 heterocycles. The number of sulfonamides is 1. The summed E-state index contributed by atoms with van der Waals surface area (Å²) >= 11 is 0. The first-order chi connectivity index (χ1) is 17.0. The number of hydrazone groups is 1. The molecule has 0 saturated carbocycles. The molecule has 0 aliphatic carbocycles. The summed E-state index contributed by atoms with van der Waals surface area (Å²) in [7, 11) is -3.51. The Bertz CT molecular complexity index is 823. The second-order valence-corrected chi connectivity index (χ2v) is 11.4. The molecule has 1 fully saturated rings. The minimum atomic E-state index is -3.51. The molecule has 2 N–H and O–H groups in total. The Morgan fingerprint density at radius 1 is 0.914 bits per heavy atom. The van der Waals surface area contributed by atoms with Gasteiger partial charge in [0.15, 0.2) is 5.84 Å². The van der Waals surface area contributed by atoms with Crippen LogP contribution in [0.5, 0.6) is 5.75 Å². The van der Waals surface area contributed by atoms with Crippen LogP contribution in [-0.4, -0.2) is 56.3 Å². The van der Waals surface area contributed by atoms with Crippen molar-refractivity contribution in [3.63, 3.8) is 0 Å². The molecule has 1 aromatic carbocycles. The van der Waals surface area contributed by atoms with Crippen LogP contribution in [0.15, 0.2) is 29.4 Å². The molecule has 1 aromatic rings. The molecule has 0 amide bonds. The highest BCUT2D eigenvalue weighted by Gasteiger charge is 2.19. The van der Waals surface area contributed by atoms with Crippen LogP contribution in [0.2, 0.25) is 0 Å². The van der Waals surface area contributed by atoms with Gasteiger partial charge in [0, 0.05) is 18.7 Å². The van der Waals surface area contributed by atoms with Crippen molar-refractivity contribution < 1.29 is 18.3 Å². The van der Waals surface area contributed by atoms with E-state index in [4.69, 9.17) is 4.74 Å². The fourth-order valence-corrected chi connectivity index (χ4v) is 5.28. The zero-order valence-corrected chi connectivity index (χ0v) is 22.5. The predicted octanol–water partition coefficient (Wildman–Crippen LogP) is 5.79. The van der Waals surface area contributed by atoms with Crippen molar-refractivity contribution in [3.8, 4) is 5.75 Å². The van der Waals surface area contributed by atoms with Crippen LogP contribution in [0.4, 0.5) is 0 Å². The summed E-state index contributed by atoms with van der Waals surface area (Å²) in [5, 5.41) is 14.1. The van der Waals surface area contributed by atoms with Crippen molar-refractivity contribution in [2.45, 2.75) is 96.8 Å². The molecular formula is C27H47N3O4S. The summed E-state index contributed by atoms with van der Waals surface area (Å²) < 4.78 is 30.5. The molecule has 0 unspecified atom stereocenters. The van der Waals surface area contributed by atoms with E-state index in [1.54, 1.807) is 18.2 Å². The molecule has 35 heavy (non-hydrogen) atoms. The van der Waals surface area contributed by atoms with Crippen LogP contribution in [0.1, 0.15) is 102 Å². The molecule has 1 saturated heterocycles. The lowest BCUT2D eigenvalue weighted by atomic mass is 10.0. The van der Waals surface area contributed by atoms with Gasteiger partial charge < -0.3 is 14.7 Å². The average molecular weight is 510 g/mol. The fraction of sp³-hybridized carbons (Fsp3) is 0.741. The number of amidine groups is 1. The van der Waals surface area contributed by atoms with Crippen molar-refractivity contribution in [1.82, 2.24) is 9.73 Å². The SMILES string of the molecule is CCCCCCCCCCCCCCCCS(=O)(=O)N/N=C(/c1cccc(O)c1)N1CCOCC1. The molecule has 0 atom stereocenters. The van der Waals surface area contributed by atoms with Crippen LogP contribution >= 0.6 is 0 Å². The van der Waals surface area contributed by atoms with Crippen molar-refractivity contribution in [3.05, 3.63) is 29.8 Å². The number of nitrogens with one attached hydrogen (secondary N) is 1. The third-order valence-electron chi connectivity index (χ3n) is 6.47. The quantitative estimate of drug-likeness (QED) is 0.113. The number of phenolic OH excluding ortho intramolecular Hbond substituents is 1. The van der Waals surface area contributed by atoms with E-state index >= 15 is 0 Å². The average Bonchev–Trinajstić information content (AvgIpc) is 2.85. The third kappa shape index (κ3) is 13.2. The smallest absolute Gasteiger partial charge is 0.247 e. The number of rotatable bonds is 18. The van der Waals surface area contributed by atoms with Crippen LogP contribution in [0.25, 0.3) is 0 Å². The van der Waals surface area contributed by atoms with E-state index in [2.05, 4.69) is 16.9 Å². The number of unbranched alkanes of at least 4 members (excludes halogenated alkanes) is 13. The number of morpholine rings is 1. The summed E-state index contributed by atoms with van der Waals surface area (Å²) in [6.45, 7) is 4.62. The highest BCUT2D eigenvalue weighted by molar-refractivity contribution is 7.89. The number of nitrogens with zero attached hydrogens (tertiary/aromatic N) is 2. The number of phenols is 1. The van der Waals surface area contributed by atoms with Gasteiger partial charge in [-0.05, 0) is 18.6 Å². The lowest BCUT2D eigenvalue weighted by Crippen LogP contribution is -2.42. The summed E-state index contributed by atoms with van der Waals surface area (Å²) in [4.78, 5) is 4.40. The topological polar surface area (TPSA) is 91.2 Å². The van der Waals surface area contributed by atoms with Gasteiger partial charge in [0.05, 0.1) is 19.0 Å². The van der Waals surface area contributed by atoms with Crippen LogP contribution in [0.3, 0.4) is 0 Å². The van der Waals surface area contributed by atoms with Crippen molar-refractivity contribution in [2.24, 2.45) is 5.10 Å². The van der Waals surface area contributed by atoms with E-state index in [-0.39, 0.29) is 11.5 Å². The van der Waals surface area contributed by atoms with Crippen molar-refractivity contribution in [1.29, 1.82) is 0 Å². The largest absolute Gasteiger partial charge is 0.508 e. The minimum Gasteiger partial charge on any atom is -0.508 e. The lowest BCUT2D eigenvalue weighted by Gasteiger charge is -2.29. The van der Waals surface area contributed by atoms with E-state index < -0.39 is 10.0 Å². The van der Waals surface area contributed by atoms with Crippen molar-refractivity contribution in [2.75, 3.05) is 32.1 Å². The first-order valence-corrected chi connectivity index (χ1v) is 15.4. The van der Waals surface area contributed by atoms with Gasteiger partial charge in [0.1, 0.15) is 5.75 Å². The Balaban J connectivity index is 1.63. The summed E-state index contributed by atoms with van der Waals surface area (Å²) in [6.07, 6.45) is 17.3. The fourth-order valence-electron chi connectivity index (χ4n) is 4.38. The highest BCUT2D eigenvalue weighted by Crippen LogP contribution is 2.16. The molecule has 1 aliphatic heterocycles. The van der Waals surface area contributed by atoms with E-state index in [9.17, 15) is 13.5 Å². The van der Waals surface area contributed by atoms with Gasteiger partial charge >= 0.3 is 0 Å². The molecule has 1 aliphatic rings. The molecule has 0 bridgehead atoms. The van der Waals surface area contributed by atoms with Gasteiger partial charge in [-0.2, -0.15) is 0 Å². The van der Waals surface area contributed by atoms with Crippen LogP contribution in [-0.2, 0) is 14.8 Å². The predicted molar refractivity (Wildman–Crippen MR) is 144 cm³/mol. The van der Waals surface area contributed by atoms with E-state index in [0.29, 0.717) is 44.1 Å². The molecule has 200 valence electrons. The van der Waals surface area contributed by atoms with Gasteiger partial charge in [0.2, 0.25) is 10.0 Å². The summed E-state index contributed by atoms with van der Waals surface area (Å²) in [5.41, 5.74) is 0.672. The summed E-state index contributed by atoms with van der Waals surface area (Å²) in [5.74, 6) is 0.702. The zero-order chi connectivity index (χ0) is 25.2. The maximum atomic E-state index is 12.5. The third-order valence-corrected chi connectivity index (χ3v) is 7.67. The second-order valence-electron chi connectivity index (χ2n) is 9.59. The van der Waals surface area contributed by atoms with Gasteiger partial charge in [-0.25, -0.2) is 13.2 Å². The van der Waals surface area contributed by atoms with E-state index in [1.807, 2.05) is 11.0 Å². The molecule has 2 rings (SSSR count). The minimum absolute atomic E-state index is 0.0744. The number of benzene rings is 1. The Hall–Kier alpha value is -1.80. The molecule has 0 aromatic heterocycles. The highest BCUT2D eigenvalue weighted by atomic mass is 32.2. The number of aromatic hydroxyl groups is 1. The van der Waals surface area contributed by atoms with Crippen LogP contribution < -0.4 is 4.83 Å². The Morgan fingerprint density at radius 2 is 1.46 bits per heavy atom. The number of hydrogen-bond acceptors (Lipinski definition) is 5. The monoisotopic (exact) mass is 509 g/mol. The lowest BCUT2D eigenvalue weighted by molar-refractivity contribution is 0.0681. The first-order valence-electron chi connectivity index (χ1n) is 13.7. The Morgan fingerprint density at radius 3 is 2.00 bits per heavy atom. The van der Waals surface area contributed by atoms with Gasteiger partial charge in [-0.1, -0.05) is 103 Å². The van der Waals surface area contributed by atoms with E-state index in [1.165, 1.54) is 70.6 Å². The maximum Gasteiger partial charge on any atom is 0.247 e. The molecule has 8 heteroatoms. The second kappa shape index (κ2) is 17.6. The number of hydrogen-bond donors (Lipinski definition) is 2. The maximum absolute atomic E-state index is 12.5. The van der Waals surface area contributed by atoms with E-state index in [0.717, 1.165) is 12.8 Å². The number of ether oxygens (including phenoxy) is 1. The molecular weight excluding hydrogens is 462 g/mol. The molecule has 7 nitrogen and oxygen atoms in total. The van der Waals surface area contributed by atoms with Gasteiger partial charge in [-0.15, -0.1) is 5.10 Å². The van der Waals surface area contributed by atoms with Crippen molar-refractivity contribution >= 4 is 15.9 Å². The Labute approximate surface area is 213 Å². The summed E-state index contributed by atoms with van der Waals surface area (Å²) in [6, 6.07) is 6.72. The van der Waals surface area contributed by atoms with Crippen LogP contribution in [0, 0.1) is 0 Å². The molecule has 0 spiro atoms. The normalized spacial score (nSPS) is 14.9. The Kier molecular flexibility index (Phi) is 14.8. The molecule has 0 radical (unpaired) electrons. The first kappa shape index (κ1) is 29.4. The van der Waals surface area contributed by atoms with Gasteiger partial charge in [0.25, 0.3) is 0 Å². The van der Waals surface area contributed by atoms with Gasteiger partial charge in [-0.3, -0.25) is 0 Å².